The number of aryl methyl sites for hydroxylation is 1. The van der Waals surface area contributed by atoms with E-state index in [1.807, 2.05) is 18.4 Å². The van der Waals surface area contributed by atoms with Crippen LogP contribution in [0.1, 0.15) is 16.4 Å². The number of carboxylic acid groups (broad SMARTS) is 1. The summed E-state index contributed by atoms with van der Waals surface area (Å²) in [6.45, 7) is 1.82. The van der Waals surface area contributed by atoms with E-state index in [4.69, 9.17) is 9.52 Å². The maximum absolute atomic E-state index is 11.1. The van der Waals surface area contributed by atoms with Crippen LogP contribution in [-0.4, -0.2) is 11.1 Å². The summed E-state index contributed by atoms with van der Waals surface area (Å²) in [5, 5.41) is 11.0. The standard InChI is InChI=1S/C12H10O3S/c1-8-4-5-9(15-8)7-10(12(13)14)11-3-2-6-16-11/h2-7H,1H3,(H,13,14)/b10-7-. The Morgan fingerprint density at radius 1 is 1.44 bits per heavy atom. The Morgan fingerprint density at radius 3 is 2.75 bits per heavy atom. The molecule has 0 unspecified atom stereocenters. The number of carbonyl (C=O) groups is 1. The van der Waals surface area contributed by atoms with Crippen LogP contribution in [0.5, 0.6) is 0 Å². The van der Waals surface area contributed by atoms with Gasteiger partial charge in [-0.25, -0.2) is 4.79 Å². The van der Waals surface area contributed by atoms with Crippen molar-refractivity contribution in [3.05, 3.63) is 46.0 Å². The van der Waals surface area contributed by atoms with Crippen LogP contribution in [0.25, 0.3) is 11.6 Å². The molecular weight excluding hydrogens is 224 g/mol. The smallest absolute Gasteiger partial charge is 0.337 e. The Kier molecular flexibility index (Phi) is 2.92. The van der Waals surface area contributed by atoms with Crippen LogP contribution in [-0.2, 0) is 4.79 Å². The largest absolute Gasteiger partial charge is 0.478 e. The molecule has 0 bridgehead atoms. The van der Waals surface area contributed by atoms with E-state index in [1.165, 1.54) is 11.3 Å². The monoisotopic (exact) mass is 234 g/mol. The molecule has 2 aromatic heterocycles. The molecule has 0 amide bonds. The second-order valence-electron chi connectivity index (χ2n) is 3.29. The van der Waals surface area contributed by atoms with E-state index in [9.17, 15) is 4.79 Å². The van der Waals surface area contributed by atoms with Crippen LogP contribution in [0.3, 0.4) is 0 Å². The molecule has 1 N–H and O–H groups in total. The lowest BCUT2D eigenvalue weighted by atomic mass is 10.2. The van der Waals surface area contributed by atoms with Crippen molar-refractivity contribution >= 4 is 29.0 Å². The molecule has 0 fully saturated rings. The Bertz CT molecular complexity index is 520. The summed E-state index contributed by atoms with van der Waals surface area (Å²) in [4.78, 5) is 11.8. The zero-order valence-corrected chi connectivity index (χ0v) is 9.45. The second kappa shape index (κ2) is 4.37. The summed E-state index contributed by atoms with van der Waals surface area (Å²) < 4.78 is 5.33. The van der Waals surface area contributed by atoms with Gasteiger partial charge in [0.05, 0.1) is 5.57 Å². The minimum atomic E-state index is -0.948. The first-order valence-corrected chi connectivity index (χ1v) is 5.60. The van der Waals surface area contributed by atoms with Crippen LogP contribution in [0, 0.1) is 6.92 Å². The topological polar surface area (TPSA) is 50.4 Å². The number of hydrogen-bond donors (Lipinski definition) is 1. The lowest BCUT2D eigenvalue weighted by Crippen LogP contribution is -1.97. The van der Waals surface area contributed by atoms with Gasteiger partial charge in [-0.1, -0.05) is 6.07 Å². The molecule has 0 radical (unpaired) electrons. The Hall–Kier alpha value is -1.81. The zero-order valence-electron chi connectivity index (χ0n) is 8.64. The number of aliphatic carboxylic acids is 1. The van der Waals surface area contributed by atoms with Crippen LogP contribution < -0.4 is 0 Å². The normalized spacial score (nSPS) is 11.7. The first kappa shape index (κ1) is 10.7. The summed E-state index contributed by atoms with van der Waals surface area (Å²) >= 11 is 1.39. The predicted octanol–water partition coefficient (Wildman–Crippen LogP) is 3.27. The molecule has 82 valence electrons. The summed E-state index contributed by atoms with van der Waals surface area (Å²) in [6.07, 6.45) is 1.54. The summed E-state index contributed by atoms with van der Waals surface area (Å²) in [5.41, 5.74) is 0.254. The third-order valence-electron chi connectivity index (χ3n) is 2.06. The van der Waals surface area contributed by atoms with Gasteiger partial charge in [0, 0.05) is 4.88 Å². The molecule has 0 aromatic carbocycles. The van der Waals surface area contributed by atoms with E-state index in [1.54, 1.807) is 24.3 Å². The van der Waals surface area contributed by atoms with Crippen molar-refractivity contribution in [2.75, 3.05) is 0 Å². The lowest BCUT2D eigenvalue weighted by molar-refractivity contribution is -0.130. The molecule has 0 saturated carbocycles. The van der Waals surface area contributed by atoms with Crippen molar-refractivity contribution in [1.29, 1.82) is 0 Å². The molecule has 0 aliphatic heterocycles. The van der Waals surface area contributed by atoms with E-state index in [-0.39, 0.29) is 5.57 Å². The quantitative estimate of drug-likeness (QED) is 0.829. The number of carboxylic acids is 1. The van der Waals surface area contributed by atoms with E-state index >= 15 is 0 Å². The van der Waals surface area contributed by atoms with Crippen LogP contribution in [0.15, 0.2) is 34.1 Å². The number of rotatable bonds is 3. The van der Waals surface area contributed by atoms with Crippen molar-refractivity contribution in [3.63, 3.8) is 0 Å². The molecule has 3 nitrogen and oxygen atoms in total. The third kappa shape index (κ3) is 2.23. The average molecular weight is 234 g/mol. The van der Waals surface area contributed by atoms with Crippen LogP contribution >= 0.6 is 11.3 Å². The lowest BCUT2D eigenvalue weighted by Gasteiger charge is -1.97. The molecule has 0 atom stereocenters. The number of thiophene rings is 1. The highest BCUT2D eigenvalue weighted by Crippen LogP contribution is 2.23. The fraction of sp³-hybridized carbons (Fsp3) is 0.0833. The SMILES string of the molecule is Cc1ccc(/C=C(\C(=O)O)c2cccs2)o1. The molecule has 0 aliphatic carbocycles. The van der Waals surface area contributed by atoms with Gasteiger partial charge in [-0.3, -0.25) is 0 Å². The maximum Gasteiger partial charge on any atom is 0.337 e. The minimum Gasteiger partial charge on any atom is -0.478 e. The molecule has 2 heterocycles. The maximum atomic E-state index is 11.1. The average Bonchev–Trinajstić information content (AvgIpc) is 2.84. The zero-order chi connectivity index (χ0) is 11.5. The summed E-state index contributed by atoms with van der Waals surface area (Å²) in [6, 6.07) is 7.16. The van der Waals surface area contributed by atoms with Gasteiger partial charge in [0.15, 0.2) is 0 Å². The van der Waals surface area contributed by atoms with Gasteiger partial charge in [-0.15, -0.1) is 11.3 Å². The Labute approximate surface area is 96.6 Å². The first-order valence-electron chi connectivity index (χ1n) is 4.72. The highest BCUT2D eigenvalue weighted by atomic mass is 32.1. The Morgan fingerprint density at radius 2 is 2.25 bits per heavy atom. The van der Waals surface area contributed by atoms with Crippen LogP contribution in [0.2, 0.25) is 0 Å². The molecular formula is C12H10O3S. The van der Waals surface area contributed by atoms with Gasteiger partial charge in [0.1, 0.15) is 11.5 Å². The van der Waals surface area contributed by atoms with Crippen LogP contribution in [0.4, 0.5) is 0 Å². The second-order valence-corrected chi connectivity index (χ2v) is 4.24. The molecule has 0 aliphatic rings. The fourth-order valence-corrected chi connectivity index (χ4v) is 2.08. The van der Waals surface area contributed by atoms with Crippen molar-refractivity contribution in [1.82, 2.24) is 0 Å². The third-order valence-corrected chi connectivity index (χ3v) is 2.97. The van der Waals surface area contributed by atoms with Gasteiger partial charge in [0.2, 0.25) is 0 Å². The van der Waals surface area contributed by atoms with E-state index < -0.39 is 5.97 Å². The van der Waals surface area contributed by atoms with Gasteiger partial charge >= 0.3 is 5.97 Å². The first-order chi connectivity index (χ1) is 7.66. The van der Waals surface area contributed by atoms with Gasteiger partial charge in [-0.2, -0.15) is 0 Å². The van der Waals surface area contributed by atoms with E-state index in [0.29, 0.717) is 5.76 Å². The van der Waals surface area contributed by atoms with Crippen molar-refractivity contribution in [2.24, 2.45) is 0 Å². The molecule has 2 rings (SSSR count). The molecule has 0 spiro atoms. The van der Waals surface area contributed by atoms with Gasteiger partial charge in [0.25, 0.3) is 0 Å². The Balaban J connectivity index is 2.41. The van der Waals surface area contributed by atoms with E-state index in [2.05, 4.69) is 0 Å². The summed E-state index contributed by atoms with van der Waals surface area (Å²) in [7, 11) is 0. The highest BCUT2D eigenvalue weighted by Gasteiger charge is 2.12. The van der Waals surface area contributed by atoms with Gasteiger partial charge < -0.3 is 9.52 Å². The molecule has 16 heavy (non-hydrogen) atoms. The van der Waals surface area contributed by atoms with Crippen molar-refractivity contribution in [3.8, 4) is 0 Å². The molecule has 0 saturated heterocycles. The highest BCUT2D eigenvalue weighted by molar-refractivity contribution is 7.11. The van der Waals surface area contributed by atoms with Crippen molar-refractivity contribution < 1.29 is 14.3 Å². The van der Waals surface area contributed by atoms with Crippen molar-refractivity contribution in [2.45, 2.75) is 6.92 Å². The molecule has 2 aromatic rings. The number of hydrogen-bond acceptors (Lipinski definition) is 3. The summed E-state index contributed by atoms with van der Waals surface area (Å²) in [5.74, 6) is 0.377. The fourth-order valence-electron chi connectivity index (χ4n) is 1.34. The predicted molar refractivity (Wildman–Crippen MR) is 63.3 cm³/mol. The van der Waals surface area contributed by atoms with Gasteiger partial charge in [-0.05, 0) is 36.6 Å². The minimum absolute atomic E-state index is 0.254. The molecule has 4 heteroatoms. The van der Waals surface area contributed by atoms with E-state index in [0.717, 1.165) is 10.6 Å². The number of furan rings is 1.